The van der Waals surface area contributed by atoms with Crippen LogP contribution >= 0.6 is 11.8 Å². The molecule has 2 rings (SSSR count). The van der Waals surface area contributed by atoms with Gasteiger partial charge in [-0.05, 0) is 24.3 Å². The molecule has 1 aromatic heterocycles. The Morgan fingerprint density at radius 2 is 2.38 bits per heavy atom. The van der Waals surface area contributed by atoms with Crippen LogP contribution in [-0.2, 0) is 6.54 Å². The average Bonchev–Trinajstić information content (AvgIpc) is 2.76. The number of rotatable bonds is 4. The van der Waals surface area contributed by atoms with Crippen molar-refractivity contribution in [3.8, 4) is 0 Å². The first-order chi connectivity index (χ1) is 7.75. The van der Waals surface area contributed by atoms with E-state index in [4.69, 9.17) is 9.63 Å². The Bertz CT molecular complexity index is 361. The van der Waals surface area contributed by atoms with Crippen molar-refractivity contribution in [2.24, 2.45) is 0 Å². The van der Waals surface area contributed by atoms with Crippen LogP contribution in [0.15, 0.2) is 10.6 Å². The largest absolute Gasteiger partial charge is 0.476 e. The van der Waals surface area contributed by atoms with Gasteiger partial charge in [-0.1, -0.05) is 5.16 Å². The summed E-state index contributed by atoms with van der Waals surface area (Å²) in [5.74, 6) is 1.91. The first kappa shape index (κ1) is 11.5. The molecular formula is C10H14N2O3S. The number of carboxylic acid groups (broad SMARTS) is 1. The van der Waals surface area contributed by atoms with Gasteiger partial charge in [0.05, 0.1) is 6.54 Å². The van der Waals surface area contributed by atoms with Crippen LogP contribution in [0.25, 0.3) is 0 Å². The fourth-order valence-electron chi connectivity index (χ4n) is 1.64. The predicted octanol–water partition coefficient (Wildman–Crippen LogP) is 1.36. The van der Waals surface area contributed by atoms with Crippen molar-refractivity contribution in [1.82, 2.24) is 10.5 Å². The van der Waals surface area contributed by atoms with Gasteiger partial charge in [-0.15, -0.1) is 0 Å². The van der Waals surface area contributed by atoms with E-state index >= 15 is 0 Å². The average molecular weight is 242 g/mol. The maximum Gasteiger partial charge on any atom is 0.358 e. The van der Waals surface area contributed by atoms with Crippen LogP contribution in [0.5, 0.6) is 0 Å². The molecule has 0 aromatic carbocycles. The molecule has 0 spiro atoms. The Labute approximate surface area is 97.6 Å². The highest BCUT2D eigenvalue weighted by molar-refractivity contribution is 7.99. The molecule has 2 N–H and O–H groups in total. The van der Waals surface area contributed by atoms with Crippen LogP contribution in [0, 0.1) is 0 Å². The summed E-state index contributed by atoms with van der Waals surface area (Å²) >= 11 is 1.97. The van der Waals surface area contributed by atoms with Gasteiger partial charge in [-0.3, -0.25) is 0 Å². The Morgan fingerprint density at radius 1 is 1.62 bits per heavy atom. The third kappa shape index (κ3) is 2.99. The van der Waals surface area contributed by atoms with Gasteiger partial charge in [0.15, 0.2) is 11.5 Å². The lowest BCUT2D eigenvalue weighted by Crippen LogP contribution is -2.31. The number of hydrogen-bond donors (Lipinski definition) is 2. The van der Waals surface area contributed by atoms with Crippen LogP contribution in [0.4, 0.5) is 0 Å². The highest BCUT2D eigenvalue weighted by Crippen LogP contribution is 2.17. The van der Waals surface area contributed by atoms with E-state index in [-0.39, 0.29) is 5.69 Å². The van der Waals surface area contributed by atoms with Crippen LogP contribution in [0.1, 0.15) is 29.1 Å². The fraction of sp³-hybridized carbons (Fsp3) is 0.600. The molecule has 88 valence electrons. The number of aromatic carboxylic acids is 1. The molecule has 0 atom stereocenters. The van der Waals surface area contributed by atoms with Crippen molar-refractivity contribution in [2.75, 3.05) is 11.5 Å². The molecule has 0 unspecified atom stereocenters. The van der Waals surface area contributed by atoms with Crippen molar-refractivity contribution in [3.05, 3.63) is 17.5 Å². The molecule has 1 fully saturated rings. The Balaban J connectivity index is 1.81. The number of nitrogens with one attached hydrogen (secondary N) is 1. The maximum atomic E-state index is 10.6. The molecule has 5 nitrogen and oxygen atoms in total. The van der Waals surface area contributed by atoms with Gasteiger partial charge in [0.2, 0.25) is 0 Å². The van der Waals surface area contributed by atoms with E-state index in [0.717, 1.165) is 12.8 Å². The minimum atomic E-state index is -1.05. The van der Waals surface area contributed by atoms with Crippen LogP contribution in [0.2, 0.25) is 0 Å². The highest BCUT2D eigenvalue weighted by Gasteiger charge is 2.15. The van der Waals surface area contributed by atoms with E-state index in [2.05, 4.69) is 10.5 Å². The van der Waals surface area contributed by atoms with Crippen molar-refractivity contribution in [2.45, 2.75) is 25.4 Å². The molecule has 16 heavy (non-hydrogen) atoms. The van der Waals surface area contributed by atoms with Crippen molar-refractivity contribution >= 4 is 17.7 Å². The van der Waals surface area contributed by atoms with Gasteiger partial charge in [-0.25, -0.2) is 4.79 Å². The second-order valence-electron chi connectivity index (χ2n) is 3.75. The van der Waals surface area contributed by atoms with Gasteiger partial charge >= 0.3 is 5.97 Å². The van der Waals surface area contributed by atoms with Gasteiger partial charge < -0.3 is 14.9 Å². The normalized spacial score (nSPS) is 17.5. The lowest BCUT2D eigenvalue weighted by atomic mass is 10.1. The number of hydrogen-bond acceptors (Lipinski definition) is 5. The van der Waals surface area contributed by atoms with Crippen LogP contribution in [0.3, 0.4) is 0 Å². The van der Waals surface area contributed by atoms with Crippen molar-refractivity contribution < 1.29 is 14.4 Å². The molecule has 1 aliphatic heterocycles. The monoisotopic (exact) mass is 242 g/mol. The minimum Gasteiger partial charge on any atom is -0.476 e. The molecule has 2 heterocycles. The maximum absolute atomic E-state index is 10.6. The van der Waals surface area contributed by atoms with E-state index < -0.39 is 5.97 Å². The summed E-state index contributed by atoms with van der Waals surface area (Å²) in [6.45, 7) is 0.551. The molecule has 0 radical (unpaired) electrons. The van der Waals surface area contributed by atoms with Gasteiger partial charge in [0.1, 0.15) is 0 Å². The smallest absolute Gasteiger partial charge is 0.358 e. The first-order valence-corrected chi connectivity index (χ1v) is 6.41. The lowest BCUT2D eigenvalue weighted by Gasteiger charge is -2.21. The second kappa shape index (κ2) is 5.36. The lowest BCUT2D eigenvalue weighted by molar-refractivity contribution is 0.0685. The first-order valence-electron chi connectivity index (χ1n) is 5.26. The Kier molecular flexibility index (Phi) is 3.84. The summed E-state index contributed by atoms with van der Waals surface area (Å²) in [4.78, 5) is 10.6. The standard InChI is InChI=1S/C10H14N2O3S/c13-10(14)9-5-8(15-12-9)6-11-7-1-3-16-4-2-7/h5,7,11H,1-4,6H2,(H,13,14). The van der Waals surface area contributed by atoms with Crippen LogP contribution in [-0.4, -0.2) is 33.8 Å². The fourth-order valence-corrected chi connectivity index (χ4v) is 2.75. The second-order valence-corrected chi connectivity index (χ2v) is 4.98. The van der Waals surface area contributed by atoms with Gasteiger partial charge in [-0.2, -0.15) is 11.8 Å². The van der Waals surface area contributed by atoms with Gasteiger partial charge in [0, 0.05) is 12.1 Å². The Hall–Kier alpha value is -1.01. The van der Waals surface area contributed by atoms with Gasteiger partial charge in [0.25, 0.3) is 0 Å². The topological polar surface area (TPSA) is 75.4 Å². The predicted molar refractivity (Wildman–Crippen MR) is 60.6 cm³/mol. The molecule has 0 bridgehead atoms. The number of aromatic nitrogens is 1. The quantitative estimate of drug-likeness (QED) is 0.830. The summed E-state index contributed by atoms with van der Waals surface area (Å²) in [5, 5.41) is 15.5. The third-order valence-electron chi connectivity index (χ3n) is 2.56. The zero-order valence-electron chi connectivity index (χ0n) is 8.81. The number of thioether (sulfide) groups is 1. The Morgan fingerprint density at radius 3 is 3.00 bits per heavy atom. The molecule has 0 saturated carbocycles. The van der Waals surface area contributed by atoms with E-state index in [1.807, 2.05) is 11.8 Å². The van der Waals surface area contributed by atoms with E-state index in [0.29, 0.717) is 18.3 Å². The van der Waals surface area contributed by atoms with E-state index in [9.17, 15) is 4.79 Å². The summed E-state index contributed by atoms with van der Waals surface area (Å²) in [6.07, 6.45) is 2.31. The highest BCUT2D eigenvalue weighted by atomic mass is 32.2. The molecule has 1 aliphatic rings. The molecule has 1 saturated heterocycles. The molecule has 0 amide bonds. The summed E-state index contributed by atoms with van der Waals surface area (Å²) in [7, 11) is 0. The number of carboxylic acids is 1. The molecular weight excluding hydrogens is 228 g/mol. The zero-order chi connectivity index (χ0) is 11.4. The molecule has 6 heteroatoms. The molecule has 1 aromatic rings. The van der Waals surface area contributed by atoms with Crippen molar-refractivity contribution in [1.29, 1.82) is 0 Å². The summed E-state index contributed by atoms with van der Waals surface area (Å²) in [5.41, 5.74) is -0.0315. The number of carbonyl (C=O) groups is 1. The van der Waals surface area contributed by atoms with Crippen LogP contribution < -0.4 is 5.32 Å². The SMILES string of the molecule is O=C(O)c1cc(CNC2CCSCC2)on1. The zero-order valence-corrected chi connectivity index (χ0v) is 9.63. The van der Waals surface area contributed by atoms with Crippen molar-refractivity contribution in [3.63, 3.8) is 0 Å². The number of nitrogens with zero attached hydrogens (tertiary/aromatic N) is 1. The summed E-state index contributed by atoms with van der Waals surface area (Å²) in [6, 6.07) is 1.98. The van der Waals surface area contributed by atoms with E-state index in [1.165, 1.54) is 17.6 Å². The van der Waals surface area contributed by atoms with E-state index in [1.54, 1.807) is 0 Å². The molecule has 0 aliphatic carbocycles. The summed E-state index contributed by atoms with van der Waals surface area (Å²) < 4.78 is 4.92. The third-order valence-corrected chi connectivity index (χ3v) is 3.61. The minimum absolute atomic E-state index is 0.0315.